The van der Waals surface area contributed by atoms with Crippen molar-refractivity contribution >= 4 is 11.6 Å². The number of hydrogen-bond donors (Lipinski definition) is 4. The van der Waals surface area contributed by atoms with Gasteiger partial charge in [0.15, 0.2) is 11.5 Å². The second-order valence-electron chi connectivity index (χ2n) is 4.78. The van der Waals surface area contributed by atoms with Gasteiger partial charge in [-0.3, -0.25) is 0 Å². The third-order valence-corrected chi connectivity index (χ3v) is 3.69. The molecule has 0 amide bonds. The summed E-state index contributed by atoms with van der Waals surface area (Å²) in [7, 11) is 0. The van der Waals surface area contributed by atoms with Crippen LogP contribution in [0.1, 0.15) is 37.4 Å². The molecule has 1 atom stereocenters. The molecule has 1 saturated carbocycles. The molecule has 0 radical (unpaired) electrons. The predicted octanol–water partition coefficient (Wildman–Crippen LogP) is 2.32. The van der Waals surface area contributed by atoms with E-state index in [0.29, 0.717) is 18.2 Å². The van der Waals surface area contributed by atoms with Gasteiger partial charge in [0.25, 0.3) is 0 Å². The molecule has 0 bridgehead atoms. The summed E-state index contributed by atoms with van der Waals surface area (Å²) in [5, 5.41) is 32.1. The lowest BCUT2D eigenvalue weighted by Gasteiger charge is -2.17. The number of nitrogens with one attached hydrogen (secondary N) is 1. The number of hydrogen-bond acceptors (Lipinski definition) is 4. The third kappa shape index (κ3) is 3.07. The minimum Gasteiger partial charge on any atom is -0.504 e. The number of rotatable bonds is 4. The molecule has 100 valence electrons. The second kappa shape index (κ2) is 5.78. The predicted molar refractivity (Wildman–Crippen MR) is 70.0 cm³/mol. The van der Waals surface area contributed by atoms with Crippen LogP contribution in [-0.2, 0) is 0 Å². The maximum Gasteiger partial charge on any atom is 0.176 e. The van der Waals surface area contributed by atoms with E-state index >= 15 is 0 Å². The zero-order valence-corrected chi connectivity index (χ0v) is 10.8. The zero-order valence-electron chi connectivity index (χ0n) is 10.1. The average Bonchev–Trinajstić information content (AvgIpc) is 2.85. The van der Waals surface area contributed by atoms with Crippen LogP contribution in [0.15, 0.2) is 12.1 Å². The van der Waals surface area contributed by atoms with Gasteiger partial charge in [-0.25, -0.2) is 0 Å². The Kier molecular flexibility index (Phi) is 4.32. The quantitative estimate of drug-likeness (QED) is 0.634. The summed E-state index contributed by atoms with van der Waals surface area (Å²) < 4.78 is 0. The molecule has 1 aliphatic rings. The van der Waals surface area contributed by atoms with Crippen molar-refractivity contribution in [2.24, 2.45) is 0 Å². The van der Waals surface area contributed by atoms with E-state index in [2.05, 4.69) is 5.32 Å². The van der Waals surface area contributed by atoms with Crippen molar-refractivity contribution in [1.29, 1.82) is 0 Å². The van der Waals surface area contributed by atoms with E-state index in [9.17, 15) is 15.3 Å². The SMILES string of the molecule is Oc1cc([C@@H](O)CNC2CCCC2)cc(Cl)c1O. The number of aromatic hydroxyl groups is 2. The molecular formula is C13H18ClNO3. The van der Waals surface area contributed by atoms with Gasteiger partial charge in [-0.1, -0.05) is 24.4 Å². The minimum absolute atomic E-state index is 0.0462. The molecule has 4 N–H and O–H groups in total. The molecule has 0 aromatic heterocycles. The van der Waals surface area contributed by atoms with Gasteiger partial charge < -0.3 is 20.6 Å². The normalized spacial score (nSPS) is 18.1. The van der Waals surface area contributed by atoms with Crippen LogP contribution in [0.2, 0.25) is 5.02 Å². The van der Waals surface area contributed by atoms with E-state index in [1.54, 1.807) is 0 Å². The monoisotopic (exact) mass is 271 g/mol. The van der Waals surface area contributed by atoms with Gasteiger partial charge in [0, 0.05) is 12.6 Å². The molecule has 1 fully saturated rings. The second-order valence-corrected chi connectivity index (χ2v) is 5.18. The fourth-order valence-corrected chi connectivity index (χ4v) is 2.55. The van der Waals surface area contributed by atoms with Crippen LogP contribution in [0.3, 0.4) is 0 Å². The standard InChI is InChI=1S/C13H18ClNO3/c14-10-5-8(6-11(16)13(10)18)12(17)7-15-9-3-1-2-4-9/h5-6,9,12,15-18H,1-4,7H2/t12-/m0/s1. The molecule has 1 aromatic rings. The zero-order chi connectivity index (χ0) is 13.1. The summed E-state index contributed by atoms with van der Waals surface area (Å²) in [5.74, 6) is -0.659. The molecular weight excluding hydrogens is 254 g/mol. The van der Waals surface area contributed by atoms with Crippen LogP contribution in [-0.4, -0.2) is 27.9 Å². The lowest BCUT2D eigenvalue weighted by Crippen LogP contribution is -2.30. The largest absolute Gasteiger partial charge is 0.504 e. The molecule has 18 heavy (non-hydrogen) atoms. The first-order chi connectivity index (χ1) is 8.58. The Labute approximate surface area is 111 Å². The van der Waals surface area contributed by atoms with Gasteiger partial charge in [-0.05, 0) is 30.5 Å². The summed E-state index contributed by atoms with van der Waals surface area (Å²) in [5.41, 5.74) is 0.501. The van der Waals surface area contributed by atoms with Crippen LogP contribution in [0.25, 0.3) is 0 Å². The van der Waals surface area contributed by atoms with Crippen LogP contribution >= 0.6 is 11.6 Å². The van der Waals surface area contributed by atoms with Gasteiger partial charge >= 0.3 is 0 Å². The smallest absolute Gasteiger partial charge is 0.176 e. The topological polar surface area (TPSA) is 72.7 Å². The highest BCUT2D eigenvalue weighted by Crippen LogP contribution is 2.35. The molecule has 0 saturated heterocycles. The maximum absolute atomic E-state index is 10.0. The fraction of sp³-hybridized carbons (Fsp3) is 0.538. The third-order valence-electron chi connectivity index (χ3n) is 3.41. The minimum atomic E-state index is -0.741. The first-order valence-electron chi connectivity index (χ1n) is 6.20. The van der Waals surface area contributed by atoms with Gasteiger partial charge in [0.1, 0.15) is 0 Å². The van der Waals surface area contributed by atoms with E-state index < -0.39 is 6.10 Å². The number of halogens is 1. The van der Waals surface area contributed by atoms with Crippen LogP contribution in [0.4, 0.5) is 0 Å². The van der Waals surface area contributed by atoms with Crippen molar-refractivity contribution in [2.45, 2.75) is 37.8 Å². The van der Waals surface area contributed by atoms with E-state index in [1.165, 1.54) is 25.0 Å². The first-order valence-corrected chi connectivity index (χ1v) is 6.58. The summed E-state index contributed by atoms with van der Waals surface area (Å²) in [4.78, 5) is 0. The first kappa shape index (κ1) is 13.5. The Hall–Kier alpha value is -0.970. The van der Waals surface area contributed by atoms with Crippen molar-refractivity contribution in [3.8, 4) is 11.5 Å². The molecule has 1 aliphatic carbocycles. The van der Waals surface area contributed by atoms with Gasteiger partial charge in [-0.2, -0.15) is 0 Å². The van der Waals surface area contributed by atoms with E-state index in [-0.39, 0.29) is 16.5 Å². The Bertz CT molecular complexity index is 396. The Morgan fingerprint density at radius 3 is 2.56 bits per heavy atom. The van der Waals surface area contributed by atoms with E-state index in [1.807, 2.05) is 0 Å². The molecule has 0 heterocycles. The van der Waals surface area contributed by atoms with Crippen molar-refractivity contribution in [3.63, 3.8) is 0 Å². The number of benzene rings is 1. The Balaban J connectivity index is 1.97. The molecule has 5 heteroatoms. The highest BCUT2D eigenvalue weighted by molar-refractivity contribution is 6.32. The Morgan fingerprint density at radius 2 is 1.94 bits per heavy atom. The highest BCUT2D eigenvalue weighted by atomic mass is 35.5. The van der Waals surface area contributed by atoms with Crippen molar-refractivity contribution in [3.05, 3.63) is 22.7 Å². The lowest BCUT2D eigenvalue weighted by molar-refractivity contribution is 0.169. The number of phenols is 2. The van der Waals surface area contributed by atoms with E-state index in [0.717, 1.165) is 12.8 Å². The molecule has 1 aromatic carbocycles. The highest BCUT2D eigenvalue weighted by Gasteiger charge is 2.18. The van der Waals surface area contributed by atoms with Gasteiger partial charge in [-0.15, -0.1) is 0 Å². The molecule has 4 nitrogen and oxygen atoms in total. The number of phenolic OH excluding ortho intramolecular Hbond substituents is 2. The van der Waals surface area contributed by atoms with Crippen LogP contribution in [0, 0.1) is 0 Å². The fourth-order valence-electron chi connectivity index (χ4n) is 2.32. The van der Waals surface area contributed by atoms with Gasteiger partial charge in [0.05, 0.1) is 11.1 Å². The van der Waals surface area contributed by atoms with Crippen LogP contribution < -0.4 is 5.32 Å². The lowest BCUT2D eigenvalue weighted by atomic mass is 10.1. The van der Waals surface area contributed by atoms with Crippen LogP contribution in [0.5, 0.6) is 11.5 Å². The van der Waals surface area contributed by atoms with E-state index in [4.69, 9.17) is 11.6 Å². The average molecular weight is 272 g/mol. The number of aliphatic hydroxyl groups excluding tert-OH is 1. The summed E-state index contributed by atoms with van der Waals surface area (Å²) in [6.07, 6.45) is 4.02. The summed E-state index contributed by atoms with van der Waals surface area (Å²) >= 11 is 5.75. The summed E-state index contributed by atoms with van der Waals surface area (Å²) in [6.45, 7) is 0.422. The van der Waals surface area contributed by atoms with Crippen molar-refractivity contribution < 1.29 is 15.3 Å². The van der Waals surface area contributed by atoms with Gasteiger partial charge in [0.2, 0.25) is 0 Å². The number of aliphatic hydroxyl groups is 1. The maximum atomic E-state index is 10.0. The molecule has 0 unspecified atom stereocenters. The molecule has 2 rings (SSSR count). The Morgan fingerprint density at radius 1 is 1.28 bits per heavy atom. The molecule has 0 spiro atoms. The van der Waals surface area contributed by atoms with Crippen molar-refractivity contribution in [1.82, 2.24) is 5.32 Å². The molecule has 0 aliphatic heterocycles. The van der Waals surface area contributed by atoms with Crippen molar-refractivity contribution in [2.75, 3.05) is 6.54 Å². The summed E-state index contributed by atoms with van der Waals surface area (Å²) in [6, 6.07) is 3.28.